The average molecular weight is 317 g/mol. The predicted octanol–water partition coefficient (Wildman–Crippen LogP) is 0.737. The van der Waals surface area contributed by atoms with Crippen LogP contribution >= 0.6 is 23.7 Å². The van der Waals surface area contributed by atoms with Gasteiger partial charge in [0.15, 0.2) is 0 Å². The molecule has 0 aromatic carbocycles. The van der Waals surface area contributed by atoms with Crippen molar-refractivity contribution in [2.75, 3.05) is 39.3 Å². The van der Waals surface area contributed by atoms with Gasteiger partial charge in [0.05, 0.1) is 10.9 Å². The Kier molecular flexibility index (Phi) is 5.37. The summed E-state index contributed by atoms with van der Waals surface area (Å²) in [5.41, 5.74) is 0. The van der Waals surface area contributed by atoms with Gasteiger partial charge in [-0.2, -0.15) is 0 Å². The van der Waals surface area contributed by atoms with Crippen LogP contribution in [0, 0.1) is 12.8 Å². The van der Waals surface area contributed by atoms with Gasteiger partial charge in [-0.25, -0.2) is 4.98 Å². The van der Waals surface area contributed by atoms with Crippen molar-refractivity contribution in [3.63, 3.8) is 0 Å². The largest absolute Gasteiger partial charge is 0.340 e. The van der Waals surface area contributed by atoms with Gasteiger partial charge < -0.3 is 10.2 Å². The van der Waals surface area contributed by atoms with Crippen LogP contribution in [0.25, 0.3) is 0 Å². The summed E-state index contributed by atoms with van der Waals surface area (Å²) < 4.78 is 0. The minimum Gasteiger partial charge on any atom is -0.340 e. The molecule has 0 unspecified atom stereocenters. The summed E-state index contributed by atoms with van der Waals surface area (Å²) in [5, 5.41) is 4.29. The maximum atomic E-state index is 12.1. The van der Waals surface area contributed by atoms with Crippen LogP contribution in [0.4, 0.5) is 0 Å². The number of halogens is 1. The van der Waals surface area contributed by atoms with E-state index in [4.69, 9.17) is 0 Å². The van der Waals surface area contributed by atoms with Gasteiger partial charge in [-0.15, -0.1) is 23.7 Å². The summed E-state index contributed by atoms with van der Waals surface area (Å²) in [5.74, 6) is 0.572. The predicted molar refractivity (Wildman–Crippen MR) is 82.3 cm³/mol. The molecule has 2 fully saturated rings. The minimum atomic E-state index is 0. The Morgan fingerprint density at radius 3 is 2.60 bits per heavy atom. The first-order valence-electron chi connectivity index (χ1n) is 6.85. The zero-order chi connectivity index (χ0) is 13.2. The van der Waals surface area contributed by atoms with Crippen LogP contribution in [-0.2, 0) is 11.3 Å². The number of rotatable bonds is 3. The number of thiazole rings is 1. The average Bonchev–Trinajstić information content (AvgIpc) is 2.73. The third kappa shape index (κ3) is 3.49. The zero-order valence-corrected chi connectivity index (χ0v) is 13.3. The lowest BCUT2D eigenvalue weighted by Crippen LogP contribution is -2.56. The van der Waals surface area contributed by atoms with E-state index in [9.17, 15) is 4.79 Å². The van der Waals surface area contributed by atoms with Gasteiger partial charge in [0.25, 0.3) is 0 Å². The van der Waals surface area contributed by atoms with Gasteiger partial charge in [0, 0.05) is 56.9 Å². The fourth-order valence-corrected chi connectivity index (χ4v) is 3.38. The first-order valence-corrected chi connectivity index (χ1v) is 7.67. The molecule has 3 rings (SSSR count). The molecule has 20 heavy (non-hydrogen) atoms. The molecule has 1 amide bonds. The van der Waals surface area contributed by atoms with Crippen molar-refractivity contribution in [1.82, 2.24) is 20.1 Å². The lowest BCUT2D eigenvalue weighted by atomic mass is 10.0. The number of carbonyl (C=O) groups excluding carboxylic acids is 1. The third-order valence-electron chi connectivity index (χ3n) is 3.86. The Labute approximate surface area is 129 Å². The number of piperazine rings is 1. The molecule has 2 aliphatic rings. The second-order valence-corrected chi connectivity index (χ2v) is 6.62. The van der Waals surface area contributed by atoms with Gasteiger partial charge in [-0.1, -0.05) is 0 Å². The Morgan fingerprint density at radius 2 is 2.10 bits per heavy atom. The van der Waals surface area contributed by atoms with Crippen molar-refractivity contribution >= 4 is 29.7 Å². The molecule has 112 valence electrons. The van der Waals surface area contributed by atoms with Crippen LogP contribution in [0.3, 0.4) is 0 Å². The second-order valence-electron chi connectivity index (χ2n) is 5.30. The minimum absolute atomic E-state index is 0. The standard InChI is InChI=1S/C13H20N4OS.ClH/c1-10-15-8-12(19-10)9-16-2-4-17(5-3-16)13(18)11-6-14-7-11;/h8,11,14H,2-7,9H2,1H3;1H. The molecule has 0 aliphatic carbocycles. The van der Waals surface area contributed by atoms with Gasteiger partial charge in [0.2, 0.25) is 5.91 Å². The molecular weight excluding hydrogens is 296 g/mol. The lowest BCUT2D eigenvalue weighted by molar-refractivity contribution is -0.138. The molecule has 3 heterocycles. The number of aromatic nitrogens is 1. The van der Waals surface area contributed by atoms with E-state index in [1.165, 1.54) is 4.88 Å². The Hall–Kier alpha value is -0.690. The summed E-state index contributed by atoms with van der Waals surface area (Å²) >= 11 is 1.76. The summed E-state index contributed by atoms with van der Waals surface area (Å²) in [7, 11) is 0. The fraction of sp³-hybridized carbons (Fsp3) is 0.692. The van der Waals surface area contributed by atoms with Gasteiger partial charge in [0.1, 0.15) is 0 Å². The van der Waals surface area contributed by atoms with Crippen LogP contribution in [0.2, 0.25) is 0 Å². The molecule has 5 nitrogen and oxygen atoms in total. The van der Waals surface area contributed by atoms with Gasteiger partial charge in [-0.3, -0.25) is 9.69 Å². The second kappa shape index (κ2) is 6.85. The van der Waals surface area contributed by atoms with Crippen LogP contribution in [0.15, 0.2) is 6.20 Å². The van der Waals surface area contributed by atoms with Crippen molar-refractivity contribution in [2.45, 2.75) is 13.5 Å². The number of nitrogens with zero attached hydrogens (tertiary/aromatic N) is 3. The lowest BCUT2D eigenvalue weighted by Gasteiger charge is -2.38. The van der Waals surface area contributed by atoms with Crippen LogP contribution < -0.4 is 5.32 Å². The molecule has 0 saturated carbocycles. The molecule has 1 aromatic heterocycles. The summed E-state index contributed by atoms with van der Waals surface area (Å²) in [4.78, 5) is 22.2. The normalized spacial score (nSPS) is 20.4. The highest BCUT2D eigenvalue weighted by atomic mass is 35.5. The van der Waals surface area contributed by atoms with Crippen molar-refractivity contribution < 1.29 is 4.79 Å². The molecule has 7 heteroatoms. The third-order valence-corrected chi connectivity index (χ3v) is 4.76. The number of hydrogen-bond acceptors (Lipinski definition) is 5. The van der Waals surface area contributed by atoms with Gasteiger partial charge in [-0.05, 0) is 6.92 Å². The van der Waals surface area contributed by atoms with Crippen molar-refractivity contribution in [3.05, 3.63) is 16.1 Å². The number of aryl methyl sites for hydroxylation is 1. The van der Waals surface area contributed by atoms with E-state index in [0.717, 1.165) is 50.8 Å². The number of hydrogen-bond donors (Lipinski definition) is 1. The van der Waals surface area contributed by atoms with Crippen molar-refractivity contribution in [2.24, 2.45) is 5.92 Å². The quantitative estimate of drug-likeness (QED) is 0.893. The Bertz CT molecular complexity index is 455. The van der Waals surface area contributed by atoms with E-state index in [0.29, 0.717) is 5.91 Å². The first kappa shape index (κ1) is 15.7. The number of carbonyl (C=O) groups is 1. The van der Waals surface area contributed by atoms with Crippen molar-refractivity contribution in [1.29, 1.82) is 0 Å². The summed E-state index contributed by atoms with van der Waals surface area (Å²) in [6, 6.07) is 0. The van der Waals surface area contributed by atoms with Crippen LogP contribution in [-0.4, -0.2) is 60.0 Å². The monoisotopic (exact) mass is 316 g/mol. The smallest absolute Gasteiger partial charge is 0.228 e. The topological polar surface area (TPSA) is 48.5 Å². The van der Waals surface area contributed by atoms with E-state index in [1.54, 1.807) is 11.3 Å². The van der Waals surface area contributed by atoms with Crippen molar-refractivity contribution in [3.8, 4) is 0 Å². The molecule has 0 radical (unpaired) electrons. The molecule has 1 N–H and O–H groups in total. The van der Waals surface area contributed by atoms with Crippen LogP contribution in [0.1, 0.15) is 9.88 Å². The molecule has 2 aliphatic heterocycles. The molecule has 0 spiro atoms. The number of nitrogens with one attached hydrogen (secondary N) is 1. The van der Waals surface area contributed by atoms with E-state index in [1.807, 2.05) is 18.0 Å². The zero-order valence-electron chi connectivity index (χ0n) is 11.7. The van der Waals surface area contributed by atoms with E-state index in [2.05, 4.69) is 15.2 Å². The Morgan fingerprint density at radius 1 is 1.40 bits per heavy atom. The summed E-state index contributed by atoms with van der Waals surface area (Å²) in [6.07, 6.45) is 1.97. The van der Waals surface area contributed by atoms with E-state index in [-0.39, 0.29) is 18.3 Å². The fourth-order valence-electron chi connectivity index (χ4n) is 2.55. The van der Waals surface area contributed by atoms with E-state index < -0.39 is 0 Å². The molecule has 1 aromatic rings. The maximum absolute atomic E-state index is 12.1. The highest BCUT2D eigenvalue weighted by Gasteiger charge is 2.30. The van der Waals surface area contributed by atoms with Crippen LogP contribution in [0.5, 0.6) is 0 Å². The first-order chi connectivity index (χ1) is 9.22. The van der Waals surface area contributed by atoms with Gasteiger partial charge >= 0.3 is 0 Å². The molecule has 0 bridgehead atoms. The van der Waals surface area contributed by atoms with E-state index >= 15 is 0 Å². The Balaban J connectivity index is 0.00000147. The maximum Gasteiger partial charge on any atom is 0.228 e. The molecular formula is C13H21ClN4OS. The molecule has 2 saturated heterocycles. The highest BCUT2D eigenvalue weighted by molar-refractivity contribution is 7.11. The SMILES string of the molecule is Cc1ncc(CN2CCN(C(=O)C3CNC3)CC2)s1.Cl. The number of amides is 1. The highest BCUT2D eigenvalue weighted by Crippen LogP contribution is 2.16. The molecule has 0 atom stereocenters. The summed E-state index contributed by atoms with van der Waals surface area (Å²) in [6.45, 7) is 8.42.